The maximum Gasteiger partial charge on any atom is 0.306 e. The van der Waals surface area contributed by atoms with Crippen molar-refractivity contribution >= 4 is 5.97 Å². The monoisotopic (exact) mass is 222 g/mol. The molecule has 0 saturated carbocycles. The van der Waals surface area contributed by atoms with E-state index in [1.54, 1.807) is 7.11 Å². The summed E-state index contributed by atoms with van der Waals surface area (Å²) in [5, 5.41) is 0. The van der Waals surface area contributed by atoms with Crippen molar-refractivity contribution in [2.24, 2.45) is 0 Å². The van der Waals surface area contributed by atoms with Gasteiger partial charge in [-0.1, -0.05) is 19.1 Å². The zero-order valence-electron chi connectivity index (χ0n) is 10.0. The third kappa shape index (κ3) is 3.57. The molecule has 0 aromatic heterocycles. The number of methoxy groups -OCH3 is 1. The fourth-order valence-corrected chi connectivity index (χ4v) is 1.52. The first kappa shape index (κ1) is 12.6. The van der Waals surface area contributed by atoms with E-state index in [9.17, 15) is 4.79 Å². The van der Waals surface area contributed by atoms with Gasteiger partial charge in [-0.05, 0) is 30.5 Å². The van der Waals surface area contributed by atoms with E-state index in [0.717, 1.165) is 11.3 Å². The lowest BCUT2D eigenvalue weighted by Crippen LogP contribution is -2.08. The van der Waals surface area contributed by atoms with Gasteiger partial charge in [-0.2, -0.15) is 0 Å². The number of esters is 1. The molecule has 0 fully saturated rings. The molecule has 0 amide bonds. The number of carbonyl (C=O) groups is 1. The Bertz CT molecular complexity index is 330. The van der Waals surface area contributed by atoms with E-state index in [2.05, 4.69) is 0 Å². The van der Waals surface area contributed by atoms with Crippen LogP contribution in [0.5, 0.6) is 5.75 Å². The Morgan fingerprint density at radius 1 is 1.31 bits per heavy atom. The summed E-state index contributed by atoms with van der Waals surface area (Å²) < 4.78 is 9.99. The van der Waals surface area contributed by atoms with E-state index >= 15 is 0 Å². The molecular weight excluding hydrogens is 204 g/mol. The van der Waals surface area contributed by atoms with Gasteiger partial charge in [0, 0.05) is 0 Å². The van der Waals surface area contributed by atoms with Crippen molar-refractivity contribution in [3.8, 4) is 5.75 Å². The summed E-state index contributed by atoms with van der Waals surface area (Å²) in [7, 11) is 1.64. The van der Waals surface area contributed by atoms with Crippen LogP contribution in [-0.2, 0) is 9.53 Å². The summed E-state index contributed by atoms with van der Waals surface area (Å²) >= 11 is 0. The van der Waals surface area contributed by atoms with Gasteiger partial charge in [-0.25, -0.2) is 0 Å². The van der Waals surface area contributed by atoms with E-state index in [0.29, 0.717) is 13.0 Å². The highest BCUT2D eigenvalue weighted by molar-refractivity contribution is 5.70. The number of hydrogen-bond acceptors (Lipinski definition) is 3. The molecule has 3 nitrogen and oxygen atoms in total. The van der Waals surface area contributed by atoms with Gasteiger partial charge >= 0.3 is 5.97 Å². The van der Waals surface area contributed by atoms with Gasteiger partial charge in [0.2, 0.25) is 0 Å². The van der Waals surface area contributed by atoms with Crippen molar-refractivity contribution in [2.75, 3.05) is 13.7 Å². The topological polar surface area (TPSA) is 35.5 Å². The number of carbonyl (C=O) groups excluding carboxylic acids is 1. The molecule has 0 aliphatic heterocycles. The van der Waals surface area contributed by atoms with Gasteiger partial charge in [0.15, 0.2) is 0 Å². The Balaban J connectivity index is 2.58. The molecule has 0 unspecified atom stereocenters. The summed E-state index contributed by atoms with van der Waals surface area (Å²) in [6.45, 7) is 4.27. The first-order chi connectivity index (χ1) is 7.67. The van der Waals surface area contributed by atoms with Gasteiger partial charge < -0.3 is 9.47 Å². The molecule has 1 atom stereocenters. The molecule has 0 radical (unpaired) electrons. The summed E-state index contributed by atoms with van der Waals surface area (Å²) in [5.41, 5.74) is 1.12. The first-order valence-corrected chi connectivity index (χ1v) is 5.47. The molecule has 16 heavy (non-hydrogen) atoms. The second kappa shape index (κ2) is 6.16. The van der Waals surface area contributed by atoms with Crippen LogP contribution in [0, 0.1) is 0 Å². The highest BCUT2D eigenvalue weighted by Crippen LogP contribution is 2.22. The molecule has 0 N–H and O–H groups in total. The van der Waals surface area contributed by atoms with Gasteiger partial charge in [-0.15, -0.1) is 0 Å². The Labute approximate surface area is 96.4 Å². The fraction of sp³-hybridized carbons (Fsp3) is 0.462. The predicted molar refractivity (Wildman–Crippen MR) is 62.7 cm³/mol. The van der Waals surface area contributed by atoms with Crippen molar-refractivity contribution in [1.29, 1.82) is 0 Å². The van der Waals surface area contributed by atoms with E-state index < -0.39 is 0 Å². The van der Waals surface area contributed by atoms with E-state index in [-0.39, 0.29) is 11.9 Å². The Hall–Kier alpha value is -1.51. The zero-order chi connectivity index (χ0) is 12.0. The van der Waals surface area contributed by atoms with Gasteiger partial charge in [0.25, 0.3) is 0 Å². The van der Waals surface area contributed by atoms with Crippen LogP contribution in [0.4, 0.5) is 0 Å². The van der Waals surface area contributed by atoms with Crippen LogP contribution in [0.15, 0.2) is 24.3 Å². The Morgan fingerprint density at radius 2 is 1.94 bits per heavy atom. The molecule has 0 spiro atoms. The maximum atomic E-state index is 11.3. The number of rotatable bonds is 5. The molecule has 0 saturated heterocycles. The smallest absolute Gasteiger partial charge is 0.306 e. The highest BCUT2D eigenvalue weighted by atomic mass is 16.5. The quantitative estimate of drug-likeness (QED) is 0.719. The molecule has 1 aromatic rings. The fourth-order valence-electron chi connectivity index (χ4n) is 1.52. The lowest BCUT2D eigenvalue weighted by atomic mass is 9.98. The summed E-state index contributed by atoms with van der Waals surface area (Å²) in [4.78, 5) is 11.3. The molecule has 0 aliphatic carbocycles. The lowest BCUT2D eigenvalue weighted by Gasteiger charge is -2.11. The minimum absolute atomic E-state index is 0.147. The van der Waals surface area contributed by atoms with Crippen LogP contribution in [0.1, 0.15) is 31.7 Å². The van der Waals surface area contributed by atoms with Gasteiger partial charge in [0.1, 0.15) is 5.75 Å². The summed E-state index contributed by atoms with van der Waals surface area (Å²) in [6.07, 6.45) is 0.417. The largest absolute Gasteiger partial charge is 0.497 e. The normalized spacial score (nSPS) is 11.9. The molecule has 3 heteroatoms. The van der Waals surface area contributed by atoms with E-state index in [1.165, 1.54) is 0 Å². The van der Waals surface area contributed by atoms with Crippen LogP contribution < -0.4 is 4.74 Å². The minimum atomic E-state index is -0.147. The third-order valence-corrected chi connectivity index (χ3v) is 2.46. The van der Waals surface area contributed by atoms with Crippen LogP contribution in [0.2, 0.25) is 0 Å². The first-order valence-electron chi connectivity index (χ1n) is 5.47. The van der Waals surface area contributed by atoms with Crippen LogP contribution >= 0.6 is 0 Å². The van der Waals surface area contributed by atoms with E-state index in [1.807, 2.05) is 38.1 Å². The Kier molecular flexibility index (Phi) is 4.83. The lowest BCUT2D eigenvalue weighted by molar-refractivity contribution is -0.143. The van der Waals surface area contributed by atoms with Crippen LogP contribution in [0.25, 0.3) is 0 Å². The van der Waals surface area contributed by atoms with Crippen molar-refractivity contribution in [3.05, 3.63) is 29.8 Å². The van der Waals surface area contributed by atoms with Crippen LogP contribution in [-0.4, -0.2) is 19.7 Å². The van der Waals surface area contributed by atoms with Crippen molar-refractivity contribution in [3.63, 3.8) is 0 Å². The second-order valence-electron chi connectivity index (χ2n) is 3.68. The highest BCUT2D eigenvalue weighted by Gasteiger charge is 2.11. The molecule has 0 aliphatic rings. The standard InChI is InChI=1S/C13H18O3/c1-4-16-13(14)9-10(2)11-5-7-12(15-3)8-6-11/h5-8,10H,4,9H2,1-3H3/t10-/m0/s1. The number of ether oxygens (including phenoxy) is 2. The van der Waals surface area contributed by atoms with Crippen molar-refractivity contribution in [2.45, 2.75) is 26.2 Å². The zero-order valence-corrected chi connectivity index (χ0v) is 10.0. The van der Waals surface area contributed by atoms with Gasteiger partial charge in [-0.3, -0.25) is 4.79 Å². The minimum Gasteiger partial charge on any atom is -0.497 e. The van der Waals surface area contributed by atoms with Crippen molar-refractivity contribution in [1.82, 2.24) is 0 Å². The molecule has 0 heterocycles. The third-order valence-electron chi connectivity index (χ3n) is 2.46. The molecule has 0 bridgehead atoms. The Morgan fingerprint density at radius 3 is 2.44 bits per heavy atom. The van der Waals surface area contributed by atoms with E-state index in [4.69, 9.17) is 9.47 Å². The summed E-state index contributed by atoms with van der Waals surface area (Å²) in [5.74, 6) is 0.850. The summed E-state index contributed by atoms with van der Waals surface area (Å²) in [6, 6.07) is 7.75. The maximum absolute atomic E-state index is 11.3. The number of hydrogen-bond donors (Lipinski definition) is 0. The molecular formula is C13H18O3. The average Bonchev–Trinajstić information content (AvgIpc) is 2.29. The number of benzene rings is 1. The predicted octanol–water partition coefficient (Wildman–Crippen LogP) is 2.75. The van der Waals surface area contributed by atoms with Gasteiger partial charge in [0.05, 0.1) is 20.1 Å². The molecule has 88 valence electrons. The average molecular weight is 222 g/mol. The van der Waals surface area contributed by atoms with Crippen LogP contribution in [0.3, 0.4) is 0 Å². The molecule has 1 rings (SSSR count). The second-order valence-corrected chi connectivity index (χ2v) is 3.68. The SMILES string of the molecule is CCOC(=O)C[C@H](C)c1ccc(OC)cc1. The molecule has 1 aromatic carbocycles. The van der Waals surface area contributed by atoms with Crippen molar-refractivity contribution < 1.29 is 14.3 Å².